The Labute approximate surface area is 65.3 Å². The molecule has 0 spiro atoms. The van der Waals surface area contributed by atoms with Crippen molar-refractivity contribution in [2.45, 2.75) is 6.92 Å². The first kappa shape index (κ1) is 9.38. The first-order valence-corrected chi connectivity index (χ1v) is 4.13. The van der Waals surface area contributed by atoms with Crippen molar-refractivity contribution < 1.29 is 9.53 Å². The number of carbonyl (C=O) groups excluding carboxylic acids is 1. The van der Waals surface area contributed by atoms with Gasteiger partial charge >= 0.3 is 5.97 Å². The molecule has 0 heterocycles. The predicted molar refractivity (Wildman–Crippen MR) is 42.8 cm³/mol. The molecule has 0 aromatic carbocycles. The summed E-state index contributed by atoms with van der Waals surface area (Å²) in [6.45, 7) is 2.22. The lowest BCUT2D eigenvalue weighted by Crippen LogP contribution is -2.06. The largest absolute Gasteiger partial charge is 0.465 e. The molecule has 0 aromatic heterocycles. The molecule has 0 saturated heterocycles. The van der Waals surface area contributed by atoms with Gasteiger partial charge in [-0.3, -0.25) is 4.79 Å². The van der Waals surface area contributed by atoms with Crippen molar-refractivity contribution in [2.75, 3.05) is 18.1 Å². The number of esters is 1. The highest BCUT2D eigenvalue weighted by Gasteiger charge is 1.98. The molecule has 0 unspecified atom stereocenters. The van der Waals surface area contributed by atoms with Crippen LogP contribution in [-0.2, 0) is 9.53 Å². The molecule has 56 valence electrons. The van der Waals surface area contributed by atoms with E-state index in [2.05, 4.69) is 10.7 Å². The van der Waals surface area contributed by atoms with Gasteiger partial charge in [-0.2, -0.15) is 0 Å². The lowest BCUT2D eigenvalue weighted by Gasteiger charge is -1.97. The molecule has 0 amide bonds. The Morgan fingerprint density at radius 3 is 3.00 bits per heavy atom. The van der Waals surface area contributed by atoms with Crippen LogP contribution in [0.2, 0.25) is 0 Å². The average molecular weight is 158 g/mol. The number of hydrogen-bond acceptors (Lipinski definition) is 3. The molecule has 0 radical (unpaired) electrons. The van der Waals surface area contributed by atoms with Crippen molar-refractivity contribution >= 4 is 17.7 Å². The molecule has 0 atom stereocenters. The minimum Gasteiger partial charge on any atom is -0.465 e. The normalized spacial score (nSPS) is 8.40. The van der Waals surface area contributed by atoms with Gasteiger partial charge in [0.15, 0.2) is 0 Å². The SMILES string of the molecule is C#CCSCC(=O)OCC. The zero-order valence-corrected chi connectivity index (χ0v) is 6.74. The van der Waals surface area contributed by atoms with E-state index in [1.54, 1.807) is 6.92 Å². The quantitative estimate of drug-likeness (QED) is 0.345. The first-order valence-electron chi connectivity index (χ1n) is 2.98. The van der Waals surface area contributed by atoms with Gasteiger partial charge in [0.25, 0.3) is 0 Å². The fourth-order valence-corrected chi connectivity index (χ4v) is 0.866. The number of ether oxygens (including phenoxy) is 1. The monoisotopic (exact) mass is 158 g/mol. The smallest absolute Gasteiger partial charge is 0.315 e. The predicted octanol–water partition coefficient (Wildman–Crippen LogP) is 0.916. The Bertz CT molecular complexity index is 137. The molecule has 0 N–H and O–H groups in total. The van der Waals surface area contributed by atoms with Crippen LogP contribution in [0, 0.1) is 12.3 Å². The van der Waals surface area contributed by atoms with Crippen molar-refractivity contribution in [3.05, 3.63) is 0 Å². The van der Waals surface area contributed by atoms with Gasteiger partial charge in [0.05, 0.1) is 18.1 Å². The van der Waals surface area contributed by atoms with E-state index in [1.807, 2.05) is 0 Å². The third-order valence-corrected chi connectivity index (χ3v) is 1.52. The van der Waals surface area contributed by atoms with Crippen LogP contribution in [0.4, 0.5) is 0 Å². The molecule has 0 bridgehead atoms. The Hall–Kier alpha value is -0.620. The van der Waals surface area contributed by atoms with Crippen LogP contribution in [0.1, 0.15) is 6.92 Å². The van der Waals surface area contributed by atoms with Crippen LogP contribution in [0.5, 0.6) is 0 Å². The number of thioether (sulfide) groups is 1. The summed E-state index contributed by atoms with van der Waals surface area (Å²) >= 11 is 1.39. The molecule has 0 aliphatic carbocycles. The van der Waals surface area contributed by atoms with Crippen LogP contribution in [-0.4, -0.2) is 24.1 Å². The zero-order valence-electron chi connectivity index (χ0n) is 5.92. The first-order chi connectivity index (χ1) is 4.81. The van der Waals surface area contributed by atoms with E-state index >= 15 is 0 Å². The molecule has 0 aliphatic heterocycles. The van der Waals surface area contributed by atoms with E-state index in [-0.39, 0.29) is 5.97 Å². The summed E-state index contributed by atoms with van der Waals surface area (Å²) in [5.74, 6) is 3.16. The summed E-state index contributed by atoms with van der Waals surface area (Å²) in [5.41, 5.74) is 0. The van der Waals surface area contributed by atoms with Gasteiger partial charge < -0.3 is 4.74 Å². The Balaban J connectivity index is 3.15. The lowest BCUT2D eigenvalue weighted by atomic mass is 10.8. The molecule has 0 aromatic rings. The van der Waals surface area contributed by atoms with Crippen molar-refractivity contribution in [1.82, 2.24) is 0 Å². The third kappa shape index (κ3) is 5.52. The maximum atomic E-state index is 10.6. The summed E-state index contributed by atoms with van der Waals surface area (Å²) in [4.78, 5) is 10.6. The minimum atomic E-state index is -0.192. The summed E-state index contributed by atoms with van der Waals surface area (Å²) in [6, 6.07) is 0. The van der Waals surface area contributed by atoms with Crippen molar-refractivity contribution in [1.29, 1.82) is 0 Å². The molecule has 2 nitrogen and oxygen atoms in total. The van der Waals surface area contributed by atoms with E-state index in [0.29, 0.717) is 18.1 Å². The number of carbonyl (C=O) groups is 1. The summed E-state index contributed by atoms with van der Waals surface area (Å²) in [6.07, 6.45) is 4.97. The van der Waals surface area contributed by atoms with Crippen LogP contribution in [0.15, 0.2) is 0 Å². The third-order valence-electron chi connectivity index (χ3n) is 0.711. The summed E-state index contributed by atoms with van der Waals surface area (Å²) < 4.78 is 4.66. The summed E-state index contributed by atoms with van der Waals surface area (Å²) in [5, 5.41) is 0. The van der Waals surface area contributed by atoms with Crippen molar-refractivity contribution in [2.24, 2.45) is 0 Å². The Morgan fingerprint density at radius 2 is 2.50 bits per heavy atom. The Morgan fingerprint density at radius 1 is 1.80 bits per heavy atom. The molecule has 3 heteroatoms. The number of terminal acetylenes is 1. The second kappa shape index (κ2) is 6.50. The topological polar surface area (TPSA) is 26.3 Å². The maximum absolute atomic E-state index is 10.6. The maximum Gasteiger partial charge on any atom is 0.315 e. The van der Waals surface area contributed by atoms with E-state index in [0.717, 1.165) is 0 Å². The van der Waals surface area contributed by atoms with E-state index in [1.165, 1.54) is 11.8 Å². The van der Waals surface area contributed by atoms with E-state index in [9.17, 15) is 4.79 Å². The van der Waals surface area contributed by atoms with Crippen molar-refractivity contribution in [3.8, 4) is 12.3 Å². The van der Waals surface area contributed by atoms with E-state index in [4.69, 9.17) is 6.42 Å². The van der Waals surface area contributed by atoms with Crippen LogP contribution >= 0.6 is 11.8 Å². The zero-order chi connectivity index (χ0) is 7.82. The average Bonchev–Trinajstić information content (AvgIpc) is 1.89. The lowest BCUT2D eigenvalue weighted by molar-refractivity contribution is -0.139. The van der Waals surface area contributed by atoms with Crippen LogP contribution in [0.3, 0.4) is 0 Å². The van der Waals surface area contributed by atoms with Gasteiger partial charge in [0.2, 0.25) is 0 Å². The van der Waals surface area contributed by atoms with Crippen LogP contribution in [0.25, 0.3) is 0 Å². The second-order valence-corrected chi connectivity index (χ2v) is 2.49. The number of rotatable bonds is 4. The molecule has 0 rings (SSSR count). The van der Waals surface area contributed by atoms with Crippen LogP contribution < -0.4 is 0 Å². The molecule has 0 aliphatic rings. The van der Waals surface area contributed by atoms with Gasteiger partial charge in [0, 0.05) is 0 Å². The molecule has 0 saturated carbocycles. The molecular formula is C7H10O2S. The fourth-order valence-electron chi connectivity index (χ4n) is 0.396. The van der Waals surface area contributed by atoms with Gasteiger partial charge in [-0.05, 0) is 6.92 Å². The summed E-state index contributed by atoms with van der Waals surface area (Å²) in [7, 11) is 0. The highest BCUT2D eigenvalue weighted by Crippen LogP contribution is 1.98. The highest BCUT2D eigenvalue weighted by molar-refractivity contribution is 8.00. The Kier molecular flexibility index (Phi) is 6.10. The van der Waals surface area contributed by atoms with Gasteiger partial charge in [0.1, 0.15) is 0 Å². The highest BCUT2D eigenvalue weighted by atomic mass is 32.2. The van der Waals surface area contributed by atoms with Gasteiger partial charge in [-0.25, -0.2) is 0 Å². The van der Waals surface area contributed by atoms with Crippen molar-refractivity contribution in [3.63, 3.8) is 0 Å². The van der Waals surface area contributed by atoms with Gasteiger partial charge in [-0.1, -0.05) is 5.92 Å². The number of hydrogen-bond donors (Lipinski definition) is 0. The standard InChI is InChI=1S/C7H10O2S/c1-3-5-10-6-7(8)9-4-2/h1H,4-6H2,2H3. The van der Waals surface area contributed by atoms with Gasteiger partial charge in [-0.15, -0.1) is 18.2 Å². The fraction of sp³-hybridized carbons (Fsp3) is 0.571. The molecule has 10 heavy (non-hydrogen) atoms. The minimum absolute atomic E-state index is 0.192. The van der Waals surface area contributed by atoms with E-state index < -0.39 is 0 Å². The molecule has 0 fully saturated rings. The molecular weight excluding hydrogens is 148 g/mol. The second-order valence-electron chi connectivity index (χ2n) is 1.50.